The summed E-state index contributed by atoms with van der Waals surface area (Å²) in [5.41, 5.74) is 5.21. The van der Waals surface area contributed by atoms with Crippen molar-refractivity contribution in [2.24, 2.45) is 5.73 Å². The molecule has 0 saturated carbocycles. The molecule has 0 atom stereocenters. The predicted molar refractivity (Wildman–Crippen MR) is 46.4 cm³/mol. The molecule has 3 N–H and O–H groups in total. The molecule has 0 aromatic rings. The molecule has 0 aliphatic heterocycles. The van der Waals surface area contributed by atoms with Crippen LogP contribution in [0.15, 0.2) is 0 Å². The van der Waals surface area contributed by atoms with E-state index < -0.39 is 0 Å². The minimum atomic E-state index is -0.106. The highest BCUT2D eigenvalue weighted by Crippen LogP contribution is 2.07. The molecule has 0 spiro atoms. The highest BCUT2D eigenvalue weighted by molar-refractivity contribution is 5.76. The first-order valence-electron chi connectivity index (χ1n) is 3.92. The fourth-order valence-corrected chi connectivity index (χ4v) is 1.10. The Morgan fingerprint density at radius 2 is 2.09 bits per heavy atom. The Bertz CT molecular complexity index is 132. The largest absolute Gasteiger partial charge is 0.329 e. The third-order valence-electron chi connectivity index (χ3n) is 1.44. The summed E-state index contributed by atoms with van der Waals surface area (Å²) in [4.78, 5) is 10.8. The molecule has 0 aliphatic rings. The lowest BCUT2D eigenvalue weighted by Crippen LogP contribution is -2.43. The molecule has 0 aromatic carbocycles. The highest BCUT2D eigenvalue weighted by Gasteiger charge is 2.17. The van der Waals surface area contributed by atoms with E-state index >= 15 is 0 Å². The van der Waals surface area contributed by atoms with Gasteiger partial charge in [-0.15, -0.1) is 0 Å². The van der Waals surface area contributed by atoms with Crippen LogP contribution in [0.1, 0.15) is 27.2 Å². The quantitative estimate of drug-likeness (QED) is 0.604. The summed E-state index contributed by atoms with van der Waals surface area (Å²) in [6.07, 6.45) is 0.562. The molecule has 66 valence electrons. The number of nitrogens with one attached hydrogen (secondary N) is 1. The van der Waals surface area contributed by atoms with Gasteiger partial charge >= 0.3 is 0 Å². The summed E-state index contributed by atoms with van der Waals surface area (Å²) in [6, 6.07) is 0. The summed E-state index contributed by atoms with van der Waals surface area (Å²) >= 11 is 0. The molecule has 0 aromatic heterocycles. The summed E-state index contributed by atoms with van der Waals surface area (Å²) in [5.74, 6) is 0.208. The van der Waals surface area contributed by atoms with Crippen LogP contribution >= 0.6 is 0 Å². The van der Waals surface area contributed by atoms with E-state index in [1.54, 1.807) is 6.92 Å². The molecule has 0 heterocycles. The lowest BCUT2D eigenvalue weighted by atomic mass is 9.98. The van der Waals surface area contributed by atoms with E-state index in [0.717, 1.165) is 6.54 Å². The van der Waals surface area contributed by atoms with Crippen molar-refractivity contribution in [3.63, 3.8) is 0 Å². The number of carbonyl (C=O) groups excluding carboxylic acids is 1. The van der Waals surface area contributed by atoms with Crippen LogP contribution in [0.5, 0.6) is 0 Å². The highest BCUT2D eigenvalue weighted by atomic mass is 16.1. The van der Waals surface area contributed by atoms with Crippen LogP contribution in [0.25, 0.3) is 0 Å². The number of Topliss-reactive ketones (excluding diaryl/α,β-unsaturated/α-hetero) is 1. The van der Waals surface area contributed by atoms with E-state index in [2.05, 4.69) is 5.32 Å². The number of rotatable bonds is 5. The third-order valence-corrected chi connectivity index (χ3v) is 1.44. The normalized spacial score (nSPS) is 11.6. The molecular formula is C8H18N2O. The van der Waals surface area contributed by atoms with Gasteiger partial charge in [0.15, 0.2) is 0 Å². The zero-order valence-electron chi connectivity index (χ0n) is 7.61. The topological polar surface area (TPSA) is 55.1 Å². The second kappa shape index (κ2) is 4.46. The first-order chi connectivity index (χ1) is 4.98. The van der Waals surface area contributed by atoms with Crippen LogP contribution in [0, 0.1) is 0 Å². The molecule has 0 unspecified atom stereocenters. The molecule has 11 heavy (non-hydrogen) atoms. The molecule has 0 rings (SSSR count). The fraction of sp³-hybridized carbons (Fsp3) is 0.875. The Kier molecular flexibility index (Phi) is 4.30. The Balaban J connectivity index is 3.70. The van der Waals surface area contributed by atoms with E-state index in [9.17, 15) is 4.79 Å². The molecule has 0 radical (unpaired) electrons. The van der Waals surface area contributed by atoms with Gasteiger partial charge < -0.3 is 11.1 Å². The summed E-state index contributed by atoms with van der Waals surface area (Å²) in [7, 11) is 0. The molecule has 0 saturated heterocycles. The zero-order chi connectivity index (χ0) is 8.91. The number of nitrogens with two attached hydrogens (primary N) is 1. The van der Waals surface area contributed by atoms with Crippen LogP contribution in [0.4, 0.5) is 0 Å². The van der Waals surface area contributed by atoms with Gasteiger partial charge in [-0.3, -0.25) is 4.79 Å². The van der Waals surface area contributed by atoms with Gasteiger partial charge in [0.1, 0.15) is 5.78 Å². The third kappa shape index (κ3) is 6.01. The van der Waals surface area contributed by atoms with Crippen molar-refractivity contribution in [2.45, 2.75) is 32.7 Å². The minimum Gasteiger partial charge on any atom is -0.329 e. The van der Waals surface area contributed by atoms with Crippen molar-refractivity contribution in [1.82, 2.24) is 5.32 Å². The van der Waals surface area contributed by atoms with Crippen molar-refractivity contribution in [3.05, 3.63) is 0 Å². The van der Waals surface area contributed by atoms with E-state index in [1.807, 2.05) is 13.8 Å². The Morgan fingerprint density at radius 1 is 1.55 bits per heavy atom. The molecule has 3 nitrogen and oxygen atoms in total. The maximum atomic E-state index is 10.8. The van der Waals surface area contributed by atoms with Crippen molar-refractivity contribution < 1.29 is 4.79 Å². The lowest BCUT2D eigenvalue weighted by molar-refractivity contribution is -0.118. The number of ketones is 1. The van der Waals surface area contributed by atoms with Gasteiger partial charge in [0.2, 0.25) is 0 Å². The van der Waals surface area contributed by atoms with Gasteiger partial charge in [0.25, 0.3) is 0 Å². The van der Waals surface area contributed by atoms with Crippen molar-refractivity contribution >= 4 is 5.78 Å². The molecular weight excluding hydrogens is 140 g/mol. The first kappa shape index (κ1) is 10.6. The van der Waals surface area contributed by atoms with Crippen LogP contribution in [-0.2, 0) is 4.79 Å². The summed E-state index contributed by atoms with van der Waals surface area (Å²) in [5, 5.41) is 3.19. The van der Waals surface area contributed by atoms with Gasteiger partial charge in [-0.25, -0.2) is 0 Å². The number of carbonyl (C=O) groups is 1. The Labute approximate surface area is 68.3 Å². The Hall–Kier alpha value is -0.410. The minimum absolute atomic E-state index is 0.106. The van der Waals surface area contributed by atoms with Crippen molar-refractivity contribution in [1.29, 1.82) is 0 Å². The van der Waals surface area contributed by atoms with E-state index in [4.69, 9.17) is 5.73 Å². The molecule has 0 bridgehead atoms. The summed E-state index contributed by atoms with van der Waals surface area (Å²) < 4.78 is 0. The van der Waals surface area contributed by atoms with Gasteiger partial charge in [0.05, 0.1) is 0 Å². The van der Waals surface area contributed by atoms with Gasteiger partial charge in [-0.1, -0.05) is 0 Å². The zero-order valence-corrected chi connectivity index (χ0v) is 7.61. The van der Waals surface area contributed by atoms with Gasteiger partial charge in [0, 0.05) is 25.0 Å². The maximum absolute atomic E-state index is 10.8. The van der Waals surface area contributed by atoms with E-state index in [0.29, 0.717) is 13.0 Å². The Morgan fingerprint density at radius 3 is 2.45 bits per heavy atom. The van der Waals surface area contributed by atoms with Crippen LogP contribution in [-0.4, -0.2) is 24.4 Å². The van der Waals surface area contributed by atoms with Crippen LogP contribution in [0.3, 0.4) is 0 Å². The first-order valence-corrected chi connectivity index (χ1v) is 3.92. The molecule has 0 aliphatic carbocycles. The van der Waals surface area contributed by atoms with Gasteiger partial charge in [-0.2, -0.15) is 0 Å². The monoisotopic (exact) mass is 158 g/mol. The number of hydrogen-bond donors (Lipinski definition) is 2. The average molecular weight is 158 g/mol. The second-order valence-corrected chi connectivity index (χ2v) is 3.48. The fourth-order valence-electron chi connectivity index (χ4n) is 1.10. The maximum Gasteiger partial charge on any atom is 0.131 e. The van der Waals surface area contributed by atoms with Crippen LogP contribution in [0.2, 0.25) is 0 Å². The standard InChI is InChI=1S/C8H18N2O/c1-7(11)6-8(2,3)10-5-4-9/h10H,4-6,9H2,1-3H3. The summed E-state index contributed by atoms with van der Waals surface area (Å²) in [6.45, 7) is 6.99. The SMILES string of the molecule is CC(=O)CC(C)(C)NCCN. The van der Waals surface area contributed by atoms with Gasteiger partial charge in [-0.05, 0) is 20.8 Å². The van der Waals surface area contributed by atoms with Crippen molar-refractivity contribution in [2.75, 3.05) is 13.1 Å². The number of hydrogen-bond acceptors (Lipinski definition) is 3. The average Bonchev–Trinajstić information content (AvgIpc) is 1.81. The second-order valence-electron chi connectivity index (χ2n) is 3.48. The smallest absolute Gasteiger partial charge is 0.131 e. The predicted octanol–water partition coefficient (Wildman–Crippen LogP) is 0.292. The molecule has 0 amide bonds. The molecule has 0 fully saturated rings. The van der Waals surface area contributed by atoms with E-state index in [-0.39, 0.29) is 11.3 Å². The van der Waals surface area contributed by atoms with Crippen LogP contribution < -0.4 is 11.1 Å². The molecule has 3 heteroatoms. The van der Waals surface area contributed by atoms with E-state index in [1.165, 1.54) is 0 Å². The van der Waals surface area contributed by atoms with Crippen molar-refractivity contribution in [3.8, 4) is 0 Å². The lowest BCUT2D eigenvalue weighted by Gasteiger charge is -2.24.